The maximum Gasteiger partial charge on any atom is 0.191 e. The number of aromatic nitrogens is 3. The second-order valence-electron chi connectivity index (χ2n) is 7.03. The van der Waals surface area contributed by atoms with Crippen LogP contribution in [0.25, 0.3) is 0 Å². The van der Waals surface area contributed by atoms with E-state index in [9.17, 15) is 0 Å². The van der Waals surface area contributed by atoms with Crippen LogP contribution in [0.3, 0.4) is 0 Å². The molecule has 3 rings (SSSR count). The van der Waals surface area contributed by atoms with E-state index in [2.05, 4.69) is 49.8 Å². The Kier molecular flexibility index (Phi) is 9.47. The molecule has 1 aliphatic rings. The Morgan fingerprint density at radius 3 is 2.37 bits per heavy atom. The van der Waals surface area contributed by atoms with E-state index < -0.39 is 0 Å². The lowest BCUT2D eigenvalue weighted by Crippen LogP contribution is -2.48. The highest BCUT2D eigenvalue weighted by Crippen LogP contribution is 2.30. The largest absolute Gasteiger partial charge is 0.497 e. The average molecular weight is 529 g/mol. The Labute approximate surface area is 195 Å². The maximum absolute atomic E-state index is 5.40. The van der Waals surface area contributed by atoms with Crippen molar-refractivity contribution in [1.29, 1.82) is 0 Å². The summed E-state index contributed by atoms with van der Waals surface area (Å²) < 4.78 is 12.7. The minimum Gasteiger partial charge on any atom is -0.497 e. The highest BCUT2D eigenvalue weighted by Gasteiger charge is 2.21. The second kappa shape index (κ2) is 11.8. The number of benzene rings is 1. The van der Waals surface area contributed by atoms with Gasteiger partial charge in [-0.2, -0.15) is 0 Å². The van der Waals surface area contributed by atoms with Gasteiger partial charge in [0.05, 0.1) is 14.2 Å². The normalized spacial score (nSPS) is 14.8. The Hall–Kier alpha value is -2.24. The van der Waals surface area contributed by atoms with Gasteiger partial charge >= 0.3 is 0 Å². The van der Waals surface area contributed by atoms with Gasteiger partial charge in [-0.25, -0.2) is 4.99 Å². The predicted molar refractivity (Wildman–Crippen MR) is 129 cm³/mol. The number of aliphatic imine (C=N–C) groups is 1. The Balaban J connectivity index is 0.00000320. The summed E-state index contributed by atoms with van der Waals surface area (Å²) in [5, 5.41) is 14.9. The monoisotopic (exact) mass is 529 g/mol. The first kappa shape index (κ1) is 24.0. The molecular weight excluding hydrogens is 497 g/mol. The fourth-order valence-electron chi connectivity index (χ4n) is 3.37. The van der Waals surface area contributed by atoms with Gasteiger partial charge in [-0.15, -0.1) is 34.2 Å². The number of hydrogen-bond acceptors (Lipinski definition) is 6. The smallest absolute Gasteiger partial charge is 0.191 e. The van der Waals surface area contributed by atoms with Crippen molar-refractivity contribution < 1.29 is 9.47 Å². The number of halogens is 1. The van der Waals surface area contributed by atoms with Gasteiger partial charge in [0.1, 0.15) is 24.4 Å². The zero-order chi connectivity index (χ0) is 20.6. The lowest BCUT2D eigenvalue weighted by Gasteiger charge is -2.34. The van der Waals surface area contributed by atoms with Crippen molar-refractivity contribution in [2.75, 3.05) is 38.8 Å². The van der Waals surface area contributed by atoms with Gasteiger partial charge in [0.2, 0.25) is 0 Å². The quantitative estimate of drug-likeness (QED) is 0.323. The van der Waals surface area contributed by atoms with E-state index in [1.165, 1.54) is 0 Å². The molecule has 166 valence electrons. The molecule has 1 fully saturated rings. The molecule has 2 aromatic rings. The molecule has 0 bridgehead atoms. The van der Waals surface area contributed by atoms with Gasteiger partial charge < -0.3 is 29.6 Å². The number of guanidine groups is 1. The summed E-state index contributed by atoms with van der Waals surface area (Å²) in [6.07, 6.45) is 3.73. The first-order valence-electron chi connectivity index (χ1n) is 9.98. The Morgan fingerprint density at radius 1 is 1.17 bits per heavy atom. The molecule has 0 radical (unpaired) electrons. The number of nitrogens with one attached hydrogen (secondary N) is 2. The summed E-state index contributed by atoms with van der Waals surface area (Å²) in [4.78, 5) is 7.03. The molecule has 0 amide bonds. The first-order chi connectivity index (χ1) is 14.1. The lowest BCUT2D eigenvalue weighted by molar-refractivity contribution is 0.393. The van der Waals surface area contributed by atoms with Crippen LogP contribution in [0.2, 0.25) is 0 Å². The molecular formula is C20H32IN7O2. The molecule has 9 nitrogen and oxygen atoms in total. The number of hydrogen-bond donors (Lipinski definition) is 2. The van der Waals surface area contributed by atoms with Crippen LogP contribution in [-0.4, -0.2) is 60.6 Å². The zero-order valence-corrected chi connectivity index (χ0v) is 20.4. The van der Waals surface area contributed by atoms with Crippen molar-refractivity contribution in [3.63, 3.8) is 0 Å². The fraction of sp³-hybridized carbons (Fsp3) is 0.550. The Morgan fingerprint density at radius 2 is 1.83 bits per heavy atom. The number of piperidine rings is 1. The number of rotatable bonds is 7. The van der Waals surface area contributed by atoms with E-state index in [4.69, 9.17) is 9.47 Å². The van der Waals surface area contributed by atoms with Gasteiger partial charge in [0.15, 0.2) is 11.8 Å². The minimum absolute atomic E-state index is 0. The van der Waals surface area contributed by atoms with Crippen molar-refractivity contribution in [2.24, 2.45) is 12.0 Å². The summed E-state index contributed by atoms with van der Waals surface area (Å²) >= 11 is 0. The van der Waals surface area contributed by atoms with E-state index in [1.54, 1.807) is 20.5 Å². The number of methoxy groups -OCH3 is 2. The topological polar surface area (TPSA) is 88.8 Å². The first-order valence-corrected chi connectivity index (χ1v) is 9.98. The molecule has 2 heterocycles. The van der Waals surface area contributed by atoms with Crippen LogP contribution in [-0.2, 0) is 13.6 Å². The lowest BCUT2D eigenvalue weighted by atomic mass is 10.0. The molecule has 0 aliphatic carbocycles. The number of anilines is 1. The third-order valence-corrected chi connectivity index (χ3v) is 5.07. The molecule has 2 N–H and O–H groups in total. The maximum atomic E-state index is 5.40. The molecule has 10 heteroatoms. The number of nitrogens with zero attached hydrogens (tertiary/aromatic N) is 5. The third-order valence-electron chi connectivity index (χ3n) is 5.07. The summed E-state index contributed by atoms with van der Waals surface area (Å²) in [5.41, 5.74) is 1.13. The predicted octanol–water partition coefficient (Wildman–Crippen LogP) is 2.17. The van der Waals surface area contributed by atoms with E-state index in [1.807, 2.05) is 17.7 Å². The molecule has 1 aliphatic heterocycles. The van der Waals surface area contributed by atoms with Crippen molar-refractivity contribution in [2.45, 2.75) is 32.4 Å². The van der Waals surface area contributed by atoms with Crippen molar-refractivity contribution in [1.82, 2.24) is 25.4 Å². The second-order valence-corrected chi connectivity index (χ2v) is 7.03. The standard InChI is InChI=1S/C20H31N7O2.HI/c1-5-21-20(22-13-19-25-23-14-26(19)2)24-15-6-8-27(9-7-15)16-10-17(28-3)12-18(11-16)29-4;/h10-12,14-15H,5-9,13H2,1-4H3,(H2,21,22,24);1H. The van der Waals surface area contributed by atoms with Crippen LogP contribution in [0, 0.1) is 0 Å². The van der Waals surface area contributed by atoms with Crippen LogP contribution < -0.4 is 25.0 Å². The third kappa shape index (κ3) is 6.38. The van der Waals surface area contributed by atoms with Crippen molar-refractivity contribution in [3.05, 3.63) is 30.4 Å². The molecule has 0 atom stereocenters. The molecule has 1 saturated heterocycles. The van der Waals surface area contributed by atoms with Gasteiger partial charge in [-0.3, -0.25) is 0 Å². The average Bonchev–Trinajstić information content (AvgIpc) is 3.17. The molecule has 30 heavy (non-hydrogen) atoms. The summed E-state index contributed by atoms with van der Waals surface area (Å²) in [7, 11) is 5.28. The van der Waals surface area contributed by atoms with Crippen LogP contribution in [0.1, 0.15) is 25.6 Å². The fourth-order valence-corrected chi connectivity index (χ4v) is 3.37. The van der Waals surface area contributed by atoms with Crippen molar-refractivity contribution in [3.8, 4) is 11.5 Å². The van der Waals surface area contributed by atoms with Crippen LogP contribution in [0.4, 0.5) is 5.69 Å². The van der Waals surface area contributed by atoms with Gasteiger partial charge in [0, 0.05) is 56.6 Å². The van der Waals surface area contributed by atoms with Gasteiger partial charge in [-0.1, -0.05) is 0 Å². The molecule has 0 spiro atoms. The number of ether oxygens (including phenoxy) is 2. The van der Waals surface area contributed by atoms with Crippen molar-refractivity contribution >= 4 is 35.6 Å². The number of aryl methyl sites for hydroxylation is 1. The summed E-state index contributed by atoms with van der Waals surface area (Å²) in [5.74, 6) is 3.27. The zero-order valence-electron chi connectivity index (χ0n) is 18.1. The minimum atomic E-state index is 0. The Bertz CT molecular complexity index is 797. The van der Waals surface area contributed by atoms with E-state index in [-0.39, 0.29) is 24.0 Å². The van der Waals surface area contributed by atoms with Crippen LogP contribution in [0.5, 0.6) is 11.5 Å². The highest BCUT2D eigenvalue weighted by molar-refractivity contribution is 14.0. The van der Waals surface area contributed by atoms with E-state index in [0.717, 1.165) is 61.4 Å². The van der Waals surface area contributed by atoms with Gasteiger partial charge in [0.25, 0.3) is 0 Å². The van der Waals surface area contributed by atoms with Gasteiger partial charge in [-0.05, 0) is 19.8 Å². The van der Waals surface area contributed by atoms with E-state index in [0.29, 0.717) is 12.6 Å². The summed E-state index contributed by atoms with van der Waals surface area (Å²) in [6.45, 7) is 5.28. The summed E-state index contributed by atoms with van der Waals surface area (Å²) in [6, 6.07) is 6.38. The highest BCUT2D eigenvalue weighted by atomic mass is 127. The molecule has 0 unspecified atom stereocenters. The molecule has 0 saturated carbocycles. The SMILES string of the molecule is CCNC(=NCc1nncn1C)NC1CCN(c2cc(OC)cc(OC)c2)CC1.I. The van der Waals surface area contributed by atoms with Crippen LogP contribution in [0.15, 0.2) is 29.5 Å². The van der Waals surface area contributed by atoms with E-state index >= 15 is 0 Å². The molecule has 1 aromatic carbocycles. The molecule has 1 aromatic heterocycles. The van der Waals surface area contributed by atoms with Crippen LogP contribution >= 0.6 is 24.0 Å².